The molecule has 0 aromatic heterocycles. The van der Waals surface area contributed by atoms with Gasteiger partial charge in [0.25, 0.3) is 0 Å². The number of carbonyl (C=O) groups excluding carboxylic acids is 2. The Bertz CT molecular complexity index is 561. The van der Waals surface area contributed by atoms with Crippen molar-refractivity contribution in [1.29, 1.82) is 0 Å². The maximum atomic E-state index is 12.4. The molecule has 0 radical (unpaired) electrons. The highest BCUT2D eigenvalue weighted by atomic mass is 16.6. The van der Waals surface area contributed by atoms with E-state index in [4.69, 9.17) is 14.6 Å². The smallest absolute Gasteiger partial charge is 0.317 e. The monoisotopic (exact) mass is 458 g/mol. The van der Waals surface area contributed by atoms with Crippen LogP contribution in [0, 0.1) is 5.41 Å². The van der Waals surface area contributed by atoms with Crippen LogP contribution in [-0.2, 0) is 28.7 Å². The van der Waals surface area contributed by atoms with Crippen LogP contribution in [0.5, 0.6) is 0 Å². The van der Waals surface area contributed by atoms with Gasteiger partial charge in [-0.3, -0.25) is 19.2 Å². The fourth-order valence-corrected chi connectivity index (χ4v) is 3.90. The van der Waals surface area contributed by atoms with Crippen molar-refractivity contribution < 1.29 is 38.9 Å². The molecule has 0 aromatic carbocycles. The average Bonchev–Trinajstić information content (AvgIpc) is 2.69. The topological polar surface area (TPSA) is 127 Å². The van der Waals surface area contributed by atoms with Crippen molar-refractivity contribution >= 4 is 23.9 Å². The van der Waals surface area contributed by atoms with E-state index in [0.29, 0.717) is 25.7 Å². The maximum absolute atomic E-state index is 12.4. The molecule has 186 valence electrons. The van der Waals surface area contributed by atoms with Crippen LogP contribution < -0.4 is 0 Å². The Kier molecular flexibility index (Phi) is 15.4. The van der Waals surface area contributed by atoms with E-state index in [1.165, 1.54) is 0 Å². The predicted molar refractivity (Wildman–Crippen MR) is 120 cm³/mol. The minimum atomic E-state index is -1.52. The molecule has 0 spiro atoms. The third-order valence-corrected chi connectivity index (χ3v) is 5.85. The summed E-state index contributed by atoms with van der Waals surface area (Å²) in [5, 5.41) is 18.8. The van der Waals surface area contributed by atoms with Crippen molar-refractivity contribution in [3.63, 3.8) is 0 Å². The summed E-state index contributed by atoms with van der Waals surface area (Å²) in [6.07, 6.45) is 5.80. The summed E-state index contributed by atoms with van der Waals surface area (Å²) in [4.78, 5) is 47.1. The molecule has 0 amide bonds. The van der Waals surface area contributed by atoms with Gasteiger partial charge in [-0.25, -0.2) is 0 Å². The zero-order chi connectivity index (χ0) is 24.6. The van der Waals surface area contributed by atoms with Crippen LogP contribution in [0.3, 0.4) is 0 Å². The number of aliphatic carboxylic acids is 2. The minimum Gasteiger partial charge on any atom is -0.481 e. The highest BCUT2D eigenvalue weighted by Crippen LogP contribution is 2.38. The average molecular weight is 459 g/mol. The molecular weight excluding hydrogens is 416 g/mol. The fraction of sp³-hybridized carbons (Fsp3) is 0.833. The lowest BCUT2D eigenvalue weighted by Crippen LogP contribution is -2.52. The van der Waals surface area contributed by atoms with E-state index in [0.717, 1.165) is 32.1 Å². The Balaban J connectivity index is 5.06. The summed E-state index contributed by atoms with van der Waals surface area (Å²) in [7, 11) is 0. The van der Waals surface area contributed by atoms with Crippen LogP contribution >= 0.6 is 0 Å². The number of esters is 2. The Morgan fingerprint density at radius 2 is 1.09 bits per heavy atom. The first-order valence-electron chi connectivity index (χ1n) is 12.0. The summed E-state index contributed by atoms with van der Waals surface area (Å²) >= 11 is 0. The zero-order valence-electron chi connectivity index (χ0n) is 20.2. The molecule has 0 aliphatic heterocycles. The van der Waals surface area contributed by atoms with Gasteiger partial charge in [0.15, 0.2) is 0 Å². The third kappa shape index (κ3) is 11.0. The largest absolute Gasteiger partial charge is 0.481 e. The Labute approximate surface area is 192 Å². The fourth-order valence-electron chi connectivity index (χ4n) is 3.90. The molecule has 8 nitrogen and oxygen atoms in total. The van der Waals surface area contributed by atoms with Crippen molar-refractivity contribution in [2.75, 3.05) is 0 Å². The zero-order valence-corrected chi connectivity index (χ0v) is 20.2. The number of hydrogen-bond donors (Lipinski definition) is 2. The summed E-state index contributed by atoms with van der Waals surface area (Å²) in [5.41, 5.74) is -1.52. The summed E-state index contributed by atoms with van der Waals surface area (Å²) in [6, 6.07) is 0. The molecule has 0 aliphatic rings. The number of carbonyl (C=O) groups is 4. The number of carboxylic acids is 2. The minimum absolute atomic E-state index is 0.185. The molecule has 32 heavy (non-hydrogen) atoms. The predicted octanol–water partition coefficient (Wildman–Crippen LogP) is 5.12. The van der Waals surface area contributed by atoms with Crippen LogP contribution in [0.1, 0.15) is 111 Å². The number of hydrogen-bond acceptors (Lipinski definition) is 6. The molecule has 8 heteroatoms. The molecule has 0 saturated carbocycles. The van der Waals surface area contributed by atoms with Crippen molar-refractivity contribution in [3.05, 3.63) is 0 Å². The van der Waals surface area contributed by atoms with Gasteiger partial charge in [-0.1, -0.05) is 52.4 Å². The van der Waals surface area contributed by atoms with E-state index < -0.39 is 41.5 Å². The highest BCUT2D eigenvalue weighted by molar-refractivity contribution is 5.78. The van der Waals surface area contributed by atoms with E-state index >= 15 is 0 Å². The van der Waals surface area contributed by atoms with Crippen molar-refractivity contribution in [2.24, 2.45) is 5.41 Å². The molecule has 0 aromatic rings. The van der Waals surface area contributed by atoms with E-state index in [-0.39, 0.29) is 25.7 Å². The first kappa shape index (κ1) is 29.9. The van der Waals surface area contributed by atoms with Gasteiger partial charge in [0.2, 0.25) is 0 Å². The van der Waals surface area contributed by atoms with Crippen LogP contribution in [0.15, 0.2) is 0 Å². The number of ether oxygens (including phenoxy) is 2. The molecule has 0 aliphatic carbocycles. The second-order valence-corrected chi connectivity index (χ2v) is 8.48. The molecular formula is C24H42O8. The van der Waals surface area contributed by atoms with Crippen LogP contribution in [0.25, 0.3) is 0 Å². The van der Waals surface area contributed by atoms with E-state index in [1.54, 1.807) is 13.8 Å². The van der Waals surface area contributed by atoms with Crippen LogP contribution in [0.4, 0.5) is 0 Å². The highest BCUT2D eigenvalue weighted by Gasteiger charge is 2.52. The van der Waals surface area contributed by atoms with Gasteiger partial charge in [0.05, 0.1) is 0 Å². The molecule has 2 unspecified atom stereocenters. The normalized spacial score (nSPS) is 14.8. The molecule has 0 bridgehead atoms. The summed E-state index contributed by atoms with van der Waals surface area (Å²) < 4.78 is 10.9. The second kappa shape index (κ2) is 16.5. The Hall–Kier alpha value is -2.12. The quantitative estimate of drug-likeness (QED) is 0.202. The van der Waals surface area contributed by atoms with E-state index in [2.05, 4.69) is 0 Å². The standard InChI is InChI=1S/C24H42O8/c1-5-14-21(27)31-18(3)24(23(29)30,19(4)32-22(28)15-6-2)17-13-11-9-7-8-10-12-16-20(25)26/h18-19H,5-17H2,1-4H3,(H,25,26)(H,29,30). The van der Waals surface area contributed by atoms with Gasteiger partial charge in [-0.2, -0.15) is 0 Å². The first-order chi connectivity index (χ1) is 15.1. The van der Waals surface area contributed by atoms with Crippen LogP contribution in [-0.4, -0.2) is 46.3 Å². The third-order valence-electron chi connectivity index (χ3n) is 5.85. The lowest BCUT2D eigenvalue weighted by atomic mass is 9.73. The molecule has 2 atom stereocenters. The number of unbranched alkanes of at least 4 members (excludes halogenated alkanes) is 6. The van der Waals surface area contributed by atoms with Crippen molar-refractivity contribution in [3.8, 4) is 0 Å². The van der Waals surface area contributed by atoms with Crippen molar-refractivity contribution in [1.82, 2.24) is 0 Å². The Morgan fingerprint density at radius 3 is 1.47 bits per heavy atom. The van der Waals surface area contributed by atoms with Crippen LogP contribution in [0.2, 0.25) is 0 Å². The van der Waals surface area contributed by atoms with Gasteiger partial charge >= 0.3 is 23.9 Å². The van der Waals surface area contributed by atoms with Crippen molar-refractivity contribution in [2.45, 2.75) is 123 Å². The first-order valence-corrected chi connectivity index (χ1v) is 12.0. The van der Waals surface area contributed by atoms with Gasteiger partial charge in [-0.15, -0.1) is 0 Å². The van der Waals surface area contributed by atoms with E-state index in [9.17, 15) is 24.3 Å². The summed E-state index contributed by atoms with van der Waals surface area (Å²) in [6.45, 7) is 6.81. The number of rotatable bonds is 19. The second-order valence-electron chi connectivity index (χ2n) is 8.48. The molecule has 0 saturated heterocycles. The maximum Gasteiger partial charge on any atom is 0.317 e. The van der Waals surface area contributed by atoms with Gasteiger partial charge in [-0.05, 0) is 39.5 Å². The lowest BCUT2D eigenvalue weighted by molar-refractivity contribution is -0.187. The number of carboxylic acid groups (broad SMARTS) is 2. The van der Waals surface area contributed by atoms with E-state index in [1.807, 2.05) is 13.8 Å². The summed E-state index contributed by atoms with van der Waals surface area (Å²) in [5.74, 6) is -2.84. The van der Waals surface area contributed by atoms with Gasteiger partial charge in [0.1, 0.15) is 17.6 Å². The molecule has 0 fully saturated rings. The molecule has 0 rings (SSSR count). The van der Waals surface area contributed by atoms with Gasteiger partial charge < -0.3 is 19.7 Å². The Morgan fingerprint density at radius 1 is 0.688 bits per heavy atom. The lowest BCUT2D eigenvalue weighted by Gasteiger charge is -2.39. The molecule has 0 heterocycles. The van der Waals surface area contributed by atoms with Gasteiger partial charge in [0, 0.05) is 19.3 Å². The SMILES string of the molecule is CCCC(=O)OC(C)C(CCCCCCCCCC(=O)O)(C(=O)O)C(C)OC(=O)CCC. The molecule has 2 N–H and O–H groups in total.